The van der Waals surface area contributed by atoms with Gasteiger partial charge in [-0.05, 0) is 45.0 Å². The Morgan fingerprint density at radius 3 is 2.27 bits per heavy atom. The molecule has 22 heavy (non-hydrogen) atoms. The van der Waals surface area contributed by atoms with Gasteiger partial charge in [-0.15, -0.1) is 0 Å². The van der Waals surface area contributed by atoms with Crippen LogP contribution in [0, 0.1) is 11.8 Å². The molecular formula is C17H22N2O3. The van der Waals surface area contributed by atoms with Crippen LogP contribution in [-0.4, -0.2) is 43.1 Å². The zero-order chi connectivity index (χ0) is 16.8. The van der Waals surface area contributed by atoms with Gasteiger partial charge < -0.3 is 15.0 Å². The summed E-state index contributed by atoms with van der Waals surface area (Å²) in [6.45, 7) is 5.60. The van der Waals surface area contributed by atoms with Gasteiger partial charge in [-0.2, -0.15) is 0 Å². The van der Waals surface area contributed by atoms with Gasteiger partial charge in [0.15, 0.2) is 0 Å². The lowest BCUT2D eigenvalue weighted by molar-refractivity contribution is 0.0535. The van der Waals surface area contributed by atoms with Crippen LogP contribution in [0.4, 0.5) is 4.79 Å². The molecule has 0 radical (unpaired) electrons. The summed E-state index contributed by atoms with van der Waals surface area (Å²) in [6, 6.07) is 7.01. The molecule has 0 aliphatic heterocycles. The third-order valence-electron chi connectivity index (χ3n) is 2.49. The van der Waals surface area contributed by atoms with Crippen molar-refractivity contribution in [3.05, 3.63) is 35.4 Å². The molecule has 0 aliphatic rings. The van der Waals surface area contributed by atoms with E-state index < -0.39 is 11.7 Å². The van der Waals surface area contributed by atoms with Crippen LogP contribution in [0.15, 0.2) is 24.3 Å². The van der Waals surface area contributed by atoms with Gasteiger partial charge in [-0.25, -0.2) is 4.79 Å². The predicted molar refractivity (Wildman–Crippen MR) is 85.6 cm³/mol. The Morgan fingerprint density at radius 2 is 1.77 bits per heavy atom. The number of ether oxygens (including phenoxy) is 1. The Morgan fingerprint density at radius 1 is 1.18 bits per heavy atom. The Balaban J connectivity index is 2.52. The smallest absolute Gasteiger partial charge is 0.408 e. The lowest BCUT2D eigenvalue weighted by Crippen LogP contribution is -2.32. The van der Waals surface area contributed by atoms with Gasteiger partial charge >= 0.3 is 6.09 Å². The first kappa shape index (κ1) is 17.6. The number of hydrogen-bond acceptors (Lipinski definition) is 3. The molecule has 0 saturated carbocycles. The molecule has 0 bridgehead atoms. The van der Waals surface area contributed by atoms with Crippen molar-refractivity contribution in [1.82, 2.24) is 10.2 Å². The maximum Gasteiger partial charge on any atom is 0.408 e. The van der Waals surface area contributed by atoms with E-state index in [-0.39, 0.29) is 12.5 Å². The van der Waals surface area contributed by atoms with Gasteiger partial charge in [0.05, 0.1) is 6.54 Å². The monoisotopic (exact) mass is 302 g/mol. The van der Waals surface area contributed by atoms with Crippen LogP contribution in [0.25, 0.3) is 0 Å². The Kier molecular flexibility index (Phi) is 6.00. The second kappa shape index (κ2) is 7.51. The second-order valence-corrected chi connectivity index (χ2v) is 5.93. The van der Waals surface area contributed by atoms with E-state index in [9.17, 15) is 9.59 Å². The van der Waals surface area contributed by atoms with Crippen LogP contribution in [0.5, 0.6) is 0 Å². The number of nitrogens with one attached hydrogen (secondary N) is 1. The van der Waals surface area contributed by atoms with E-state index in [4.69, 9.17) is 4.74 Å². The molecule has 0 heterocycles. The van der Waals surface area contributed by atoms with Crippen molar-refractivity contribution >= 4 is 12.0 Å². The summed E-state index contributed by atoms with van der Waals surface area (Å²) >= 11 is 0. The molecule has 0 atom stereocenters. The molecule has 0 aliphatic carbocycles. The summed E-state index contributed by atoms with van der Waals surface area (Å²) < 4.78 is 5.09. The van der Waals surface area contributed by atoms with E-state index in [1.165, 1.54) is 4.90 Å². The second-order valence-electron chi connectivity index (χ2n) is 5.93. The van der Waals surface area contributed by atoms with Crippen molar-refractivity contribution in [1.29, 1.82) is 0 Å². The number of hydrogen-bond donors (Lipinski definition) is 1. The Bertz CT molecular complexity index is 587. The van der Waals surface area contributed by atoms with Gasteiger partial charge in [0, 0.05) is 25.2 Å². The first-order valence-electron chi connectivity index (χ1n) is 6.96. The number of nitrogens with zero attached hydrogens (tertiary/aromatic N) is 1. The average molecular weight is 302 g/mol. The lowest BCUT2D eigenvalue weighted by Gasteiger charge is -2.18. The van der Waals surface area contributed by atoms with Gasteiger partial charge in [0.1, 0.15) is 5.60 Å². The first-order chi connectivity index (χ1) is 10.2. The van der Waals surface area contributed by atoms with Crippen molar-refractivity contribution in [2.75, 3.05) is 20.6 Å². The van der Waals surface area contributed by atoms with Gasteiger partial charge in [0.2, 0.25) is 0 Å². The predicted octanol–water partition coefficient (Wildman–Crippen LogP) is 2.26. The number of amides is 2. The molecule has 5 heteroatoms. The molecule has 1 aromatic rings. The van der Waals surface area contributed by atoms with Crippen molar-refractivity contribution < 1.29 is 14.3 Å². The van der Waals surface area contributed by atoms with E-state index in [1.54, 1.807) is 59.1 Å². The molecule has 1 aromatic carbocycles. The van der Waals surface area contributed by atoms with Crippen LogP contribution in [0.2, 0.25) is 0 Å². The van der Waals surface area contributed by atoms with Crippen molar-refractivity contribution in [3.8, 4) is 11.8 Å². The van der Waals surface area contributed by atoms with Crippen molar-refractivity contribution in [3.63, 3.8) is 0 Å². The third kappa shape index (κ3) is 6.31. The highest BCUT2D eigenvalue weighted by atomic mass is 16.6. The third-order valence-corrected chi connectivity index (χ3v) is 2.49. The maximum atomic E-state index is 11.7. The number of benzene rings is 1. The summed E-state index contributed by atoms with van der Waals surface area (Å²) in [7, 11) is 3.41. The molecule has 0 spiro atoms. The van der Waals surface area contributed by atoms with Gasteiger partial charge in [0.25, 0.3) is 5.91 Å². The highest BCUT2D eigenvalue weighted by molar-refractivity contribution is 5.93. The van der Waals surface area contributed by atoms with Crippen LogP contribution in [0.1, 0.15) is 36.7 Å². The molecular weight excluding hydrogens is 280 g/mol. The topological polar surface area (TPSA) is 58.6 Å². The van der Waals surface area contributed by atoms with E-state index in [0.717, 1.165) is 5.56 Å². The van der Waals surface area contributed by atoms with Gasteiger partial charge in [-0.1, -0.05) is 11.8 Å². The highest BCUT2D eigenvalue weighted by Gasteiger charge is 2.15. The molecule has 5 nitrogen and oxygen atoms in total. The van der Waals surface area contributed by atoms with Crippen molar-refractivity contribution in [2.24, 2.45) is 0 Å². The summed E-state index contributed by atoms with van der Waals surface area (Å²) in [4.78, 5) is 24.7. The van der Waals surface area contributed by atoms with E-state index in [1.807, 2.05) is 0 Å². The zero-order valence-corrected chi connectivity index (χ0v) is 13.7. The van der Waals surface area contributed by atoms with Crippen LogP contribution in [0.3, 0.4) is 0 Å². The molecule has 1 N–H and O–H groups in total. The standard InChI is InChI=1S/C17H22N2O3/c1-17(2,3)22-16(21)18-12-6-7-13-8-10-14(11-9-13)15(20)19(4)5/h8-11H,12H2,1-5H3,(H,18,21). The molecule has 1 rings (SSSR count). The molecule has 0 aromatic heterocycles. The SMILES string of the molecule is CN(C)C(=O)c1ccc(C#CCNC(=O)OC(C)(C)C)cc1. The Hall–Kier alpha value is -2.48. The fraction of sp³-hybridized carbons (Fsp3) is 0.412. The van der Waals surface area contributed by atoms with Crippen LogP contribution >= 0.6 is 0 Å². The maximum absolute atomic E-state index is 11.7. The van der Waals surface area contributed by atoms with Crippen molar-refractivity contribution in [2.45, 2.75) is 26.4 Å². The molecule has 0 fully saturated rings. The molecule has 0 unspecified atom stereocenters. The van der Waals surface area contributed by atoms with E-state index in [0.29, 0.717) is 5.56 Å². The fourth-order valence-electron chi connectivity index (χ4n) is 1.53. The summed E-state index contributed by atoms with van der Waals surface area (Å²) in [5.74, 6) is 5.70. The number of rotatable bonds is 2. The first-order valence-corrected chi connectivity index (χ1v) is 6.96. The average Bonchev–Trinajstić information content (AvgIpc) is 2.41. The summed E-state index contributed by atoms with van der Waals surface area (Å²) in [5, 5.41) is 2.56. The number of carbonyl (C=O) groups is 2. The molecule has 0 saturated heterocycles. The Labute approximate surface area is 131 Å². The highest BCUT2D eigenvalue weighted by Crippen LogP contribution is 2.06. The molecule has 2 amide bonds. The minimum Gasteiger partial charge on any atom is -0.444 e. The van der Waals surface area contributed by atoms with Crippen LogP contribution < -0.4 is 5.32 Å². The summed E-state index contributed by atoms with van der Waals surface area (Å²) in [5.41, 5.74) is 0.871. The largest absolute Gasteiger partial charge is 0.444 e. The normalized spacial score (nSPS) is 10.2. The lowest BCUT2D eigenvalue weighted by atomic mass is 10.1. The van der Waals surface area contributed by atoms with E-state index >= 15 is 0 Å². The van der Waals surface area contributed by atoms with E-state index in [2.05, 4.69) is 17.2 Å². The van der Waals surface area contributed by atoms with Gasteiger partial charge in [-0.3, -0.25) is 4.79 Å². The van der Waals surface area contributed by atoms with Crippen LogP contribution in [-0.2, 0) is 4.74 Å². The molecule has 118 valence electrons. The minimum absolute atomic E-state index is 0.0499. The number of carbonyl (C=O) groups excluding carboxylic acids is 2. The minimum atomic E-state index is -0.522. The number of alkyl carbamates (subject to hydrolysis) is 1. The quantitative estimate of drug-likeness (QED) is 0.853. The summed E-state index contributed by atoms with van der Waals surface area (Å²) in [6.07, 6.45) is -0.492. The zero-order valence-electron chi connectivity index (χ0n) is 13.7. The fourth-order valence-corrected chi connectivity index (χ4v) is 1.53.